The Morgan fingerprint density at radius 2 is 1.77 bits per heavy atom. The maximum atomic E-state index is 13.3. The van der Waals surface area contributed by atoms with Gasteiger partial charge in [0.2, 0.25) is 0 Å². The molecule has 0 bridgehead atoms. The van der Waals surface area contributed by atoms with Crippen molar-refractivity contribution in [2.45, 2.75) is 18.2 Å². The molecule has 3 rings (SSSR count). The van der Waals surface area contributed by atoms with Crippen LogP contribution in [0.1, 0.15) is 22.3 Å². The highest BCUT2D eigenvalue weighted by molar-refractivity contribution is 7.90. The fraction of sp³-hybridized carbons (Fsp3) is 0.333. The zero-order valence-electron chi connectivity index (χ0n) is 17.8. The highest BCUT2D eigenvalue weighted by atomic mass is 35.5. The summed E-state index contributed by atoms with van der Waals surface area (Å²) in [5.74, 6) is -0.211. The number of aryl methyl sites for hydroxylation is 1. The number of thiazole rings is 1. The number of sulfone groups is 1. The van der Waals surface area contributed by atoms with E-state index in [0.29, 0.717) is 22.3 Å². The van der Waals surface area contributed by atoms with E-state index in [9.17, 15) is 13.2 Å². The van der Waals surface area contributed by atoms with E-state index in [1.807, 2.05) is 33.2 Å². The van der Waals surface area contributed by atoms with Gasteiger partial charge in [-0.15, -0.1) is 12.4 Å². The molecule has 0 aliphatic carbocycles. The Morgan fingerprint density at radius 3 is 2.35 bits per heavy atom. The number of nitrogens with zero attached hydrogens (tertiary/aromatic N) is 3. The minimum absolute atomic E-state index is 0. The first kappa shape index (κ1) is 25.5. The zero-order chi connectivity index (χ0) is 22.1. The quantitative estimate of drug-likeness (QED) is 0.469. The van der Waals surface area contributed by atoms with Gasteiger partial charge in [-0.05, 0) is 75.9 Å². The van der Waals surface area contributed by atoms with E-state index in [4.69, 9.17) is 16.6 Å². The average Bonchev–Trinajstić information content (AvgIpc) is 3.08. The molecule has 0 atom stereocenters. The number of carbonyl (C=O) groups excluding carboxylic acids is 1. The maximum Gasteiger partial charge on any atom is 0.260 e. The number of benzene rings is 2. The van der Waals surface area contributed by atoms with Gasteiger partial charge >= 0.3 is 0 Å². The van der Waals surface area contributed by atoms with Gasteiger partial charge in [-0.3, -0.25) is 9.69 Å². The Morgan fingerprint density at radius 1 is 1.13 bits per heavy atom. The van der Waals surface area contributed by atoms with Crippen molar-refractivity contribution in [2.75, 3.05) is 38.3 Å². The fourth-order valence-electron chi connectivity index (χ4n) is 3.09. The molecule has 2 aromatic carbocycles. The Labute approximate surface area is 198 Å². The van der Waals surface area contributed by atoms with Crippen LogP contribution in [0.25, 0.3) is 10.2 Å². The first-order chi connectivity index (χ1) is 14.1. The van der Waals surface area contributed by atoms with E-state index in [0.717, 1.165) is 35.0 Å². The number of hydrogen-bond donors (Lipinski definition) is 0. The summed E-state index contributed by atoms with van der Waals surface area (Å²) in [6.07, 6.45) is 1.92. The first-order valence-corrected chi connectivity index (χ1v) is 12.5. The normalized spacial score (nSPS) is 11.5. The van der Waals surface area contributed by atoms with Crippen LogP contribution in [0.15, 0.2) is 41.3 Å². The summed E-state index contributed by atoms with van der Waals surface area (Å²) in [6, 6.07) is 9.73. The van der Waals surface area contributed by atoms with Gasteiger partial charge in [-0.2, -0.15) is 0 Å². The molecule has 1 aromatic heterocycles. The third-order valence-corrected chi connectivity index (χ3v) is 7.00. The Hall–Kier alpha value is -1.71. The van der Waals surface area contributed by atoms with Crippen LogP contribution in [0.5, 0.6) is 0 Å². The van der Waals surface area contributed by atoms with Crippen LogP contribution in [-0.4, -0.2) is 57.6 Å². The van der Waals surface area contributed by atoms with E-state index < -0.39 is 9.84 Å². The van der Waals surface area contributed by atoms with Crippen LogP contribution >= 0.6 is 35.3 Å². The van der Waals surface area contributed by atoms with Gasteiger partial charge < -0.3 is 4.90 Å². The summed E-state index contributed by atoms with van der Waals surface area (Å²) < 4.78 is 24.4. The third kappa shape index (κ3) is 6.17. The lowest BCUT2D eigenvalue weighted by molar-refractivity contribution is 0.0986. The van der Waals surface area contributed by atoms with Crippen LogP contribution in [0.4, 0.5) is 5.13 Å². The van der Waals surface area contributed by atoms with Gasteiger partial charge in [0.15, 0.2) is 15.0 Å². The molecule has 10 heteroatoms. The van der Waals surface area contributed by atoms with Crippen LogP contribution in [0.2, 0.25) is 5.02 Å². The van der Waals surface area contributed by atoms with Crippen molar-refractivity contribution in [2.24, 2.45) is 0 Å². The molecule has 0 saturated heterocycles. The van der Waals surface area contributed by atoms with E-state index in [1.165, 1.54) is 23.5 Å². The number of amides is 1. The molecule has 0 fully saturated rings. The zero-order valence-corrected chi connectivity index (χ0v) is 21.0. The Balaban J connectivity index is 0.00000341. The molecule has 0 aliphatic heterocycles. The van der Waals surface area contributed by atoms with Gasteiger partial charge in [0.25, 0.3) is 5.91 Å². The Bertz CT molecular complexity index is 1180. The summed E-state index contributed by atoms with van der Waals surface area (Å²) in [7, 11) is 0.650. The largest absolute Gasteiger partial charge is 0.309 e. The highest BCUT2D eigenvalue weighted by Gasteiger charge is 2.22. The second-order valence-corrected chi connectivity index (χ2v) is 10.9. The predicted octanol–water partition coefficient (Wildman–Crippen LogP) is 4.68. The predicted molar refractivity (Wildman–Crippen MR) is 131 cm³/mol. The summed E-state index contributed by atoms with van der Waals surface area (Å²) in [5, 5.41) is 1.24. The van der Waals surface area contributed by atoms with Gasteiger partial charge in [0.05, 0.1) is 15.1 Å². The van der Waals surface area contributed by atoms with Crippen LogP contribution in [-0.2, 0) is 9.84 Å². The number of halogens is 2. The molecule has 0 N–H and O–H groups in total. The number of carbonyl (C=O) groups is 1. The molecular formula is C21H25Cl2N3O3S2. The highest BCUT2D eigenvalue weighted by Crippen LogP contribution is 2.33. The number of anilines is 1. The van der Waals surface area contributed by atoms with Crippen LogP contribution in [0.3, 0.4) is 0 Å². The van der Waals surface area contributed by atoms with E-state index >= 15 is 0 Å². The van der Waals surface area contributed by atoms with Crippen molar-refractivity contribution in [1.82, 2.24) is 9.88 Å². The molecule has 0 aliphatic rings. The fourth-order valence-corrected chi connectivity index (χ4v) is 5.16. The lowest BCUT2D eigenvalue weighted by atomic mass is 10.2. The molecule has 0 unspecified atom stereocenters. The monoisotopic (exact) mass is 501 g/mol. The number of rotatable bonds is 7. The van der Waals surface area contributed by atoms with Crippen LogP contribution in [0, 0.1) is 6.92 Å². The number of hydrogen-bond acceptors (Lipinski definition) is 6. The van der Waals surface area contributed by atoms with Gasteiger partial charge in [-0.1, -0.05) is 22.9 Å². The number of fused-ring (bicyclic) bond motifs is 1. The summed E-state index contributed by atoms with van der Waals surface area (Å²) >= 11 is 7.61. The lowest BCUT2D eigenvalue weighted by Gasteiger charge is -2.21. The standard InChI is InChI=1S/C21H24ClN3O3S2.ClH/c1-14-12-16(22)13-18-19(14)23-21(29-18)25(11-5-10-24(2)3)20(26)15-6-8-17(9-7-15)30(4,27)28;/h6-9,12-13H,5,10-11H2,1-4H3;1H. The molecule has 3 aromatic rings. The van der Waals surface area contributed by atoms with Crippen molar-refractivity contribution in [3.8, 4) is 0 Å². The molecule has 1 amide bonds. The minimum Gasteiger partial charge on any atom is -0.309 e. The SMILES string of the molecule is Cc1cc(Cl)cc2sc(N(CCCN(C)C)C(=O)c3ccc(S(C)(=O)=O)cc3)nc12.Cl. The molecule has 0 spiro atoms. The molecule has 6 nitrogen and oxygen atoms in total. The third-order valence-electron chi connectivity index (χ3n) is 4.63. The summed E-state index contributed by atoms with van der Waals surface area (Å²) in [4.78, 5) is 21.9. The molecule has 168 valence electrons. The second kappa shape index (κ2) is 10.3. The van der Waals surface area contributed by atoms with Crippen LogP contribution < -0.4 is 4.90 Å². The maximum absolute atomic E-state index is 13.3. The van der Waals surface area contributed by atoms with Crippen molar-refractivity contribution in [3.63, 3.8) is 0 Å². The molecule has 0 radical (unpaired) electrons. The average molecular weight is 502 g/mol. The molecule has 0 saturated carbocycles. The lowest BCUT2D eigenvalue weighted by Crippen LogP contribution is -2.33. The number of aromatic nitrogens is 1. The summed E-state index contributed by atoms with van der Waals surface area (Å²) in [5.41, 5.74) is 2.21. The molecule has 1 heterocycles. The van der Waals surface area contributed by atoms with E-state index in [2.05, 4.69) is 4.90 Å². The van der Waals surface area contributed by atoms with E-state index in [1.54, 1.807) is 17.0 Å². The van der Waals surface area contributed by atoms with Gasteiger partial charge in [-0.25, -0.2) is 13.4 Å². The Kier molecular flexibility index (Phi) is 8.47. The van der Waals surface area contributed by atoms with Crippen molar-refractivity contribution >= 4 is 66.4 Å². The molecular weight excluding hydrogens is 477 g/mol. The first-order valence-electron chi connectivity index (χ1n) is 9.39. The van der Waals surface area contributed by atoms with Crippen molar-refractivity contribution < 1.29 is 13.2 Å². The molecule has 31 heavy (non-hydrogen) atoms. The smallest absolute Gasteiger partial charge is 0.260 e. The minimum atomic E-state index is -3.32. The van der Waals surface area contributed by atoms with Gasteiger partial charge in [0, 0.05) is 23.4 Å². The summed E-state index contributed by atoms with van der Waals surface area (Å²) in [6.45, 7) is 3.27. The van der Waals surface area contributed by atoms with Crippen molar-refractivity contribution in [3.05, 3.63) is 52.5 Å². The topological polar surface area (TPSA) is 70.6 Å². The van der Waals surface area contributed by atoms with Gasteiger partial charge in [0.1, 0.15) is 0 Å². The van der Waals surface area contributed by atoms with E-state index in [-0.39, 0.29) is 23.2 Å². The van der Waals surface area contributed by atoms with Crippen molar-refractivity contribution in [1.29, 1.82) is 0 Å². The second-order valence-electron chi connectivity index (χ2n) is 7.48.